The quantitative estimate of drug-likeness (QED) is 0.437. The molecular formula is C33H41N5O7S. The molecule has 0 spiro atoms. The third kappa shape index (κ3) is 7.87. The second-order valence-electron chi connectivity index (χ2n) is 11.7. The monoisotopic (exact) mass is 651 g/mol. The summed E-state index contributed by atoms with van der Waals surface area (Å²) in [6.45, 7) is 7.33. The van der Waals surface area contributed by atoms with Gasteiger partial charge in [-0.15, -0.1) is 11.3 Å². The fraction of sp³-hybridized carbons (Fsp3) is 0.485. The highest BCUT2D eigenvalue weighted by molar-refractivity contribution is 7.09. The van der Waals surface area contributed by atoms with Crippen LogP contribution in [0.15, 0.2) is 34.1 Å². The fourth-order valence-corrected chi connectivity index (χ4v) is 6.51. The summed E-state index contributed by atoms with van der Waals surface area (Å²) < 4.78 is 17.4. The van der Waals surface area contributed by atoms with E-state index in [0.717, 1.165) is 5.01 Å². The van der Waals surface area contributed by atoms with Crippen LogP contribution in [0.1, 0.15) is 68.6 Å². The van der Waals surface area contributed by atoms with Crippen LogP contribution in [0, 0.1) is 20.8 Å². The second kappa shape index (κ2) is 14.8. The summed E-state index contributed by atoms with van der Waals surface area (Å²) in [5, 5.41) is 8.66. The maximum atomic E-state index is 13.5. The fourth-order valence-electron chi connectivity index (χ4n) is 5.90. The van der Waals surface area contributed by atoms with Crippen LogP contribution in [0.5, 0.6) is 11.5 Å². The number of ether oxygens (including phenoxy) is 2. The molecule has 4 heterocycles. The van der Waals surface area contributed by atoms with Gasteiger partial charge in [-0.3, -0.25) is 19.2 Å². The third-order valence-electron chi connectivity index (χ3n) is 8.21. The van der Waals surface area contributed by atoms with Gasteiger partial charge < -0.3 is 34.3 Å². The number of hydrogen-bond donors (Lipinski definition) is 2. The zero-order valence-electron chi connectivity index (χ0n) is 26.7. The van der Waals surface area contributed by atoms with E-state index in [0.29, 0.717) is 85.3 Å². The predicted octanol–water partition coefficient (Wildman–Crippen LogP) is 3.43. The van der Waals surface area contributed by atoms with E-state index in [1.54, 1.807) is 47.9 Å². The summed E-state index contributed by atoms with van der Waals surface area (Å²) in [6.07, 6.45) is 1.70. The summed E-state index contributed by atoms with van der Waals surface area (Å²) >= 11 is 1.47. The Balaban J connectivity index is 1.37. The Morgan fingerprint density at radius 3 is 2.57 bits per heavy atom. The summed E-state index contributed by atoms with van der Waals surface area (Å²) in [4.78, 5) is 61.3. The first-order chi connectivity index (χ1) is 22.1. The van der Waals surface area contributed by atoms with Crippen LogP contribution in [0.3, 0.4) is 0 Å². The standard InChI is InChI=1S/C33H41N5O7S/c1-20-14-26(21(2)44-20)33(42)37-12-6-5-10-35-32(41)27-17-25(18-38(27)30(39)16-24-19-46-22(3)36-24)45-29-15-23(8-9-28(29)43-4)31(40)34-11-7-13-37/h8-9,14-15,19,25,27H,5-7,10-13,16-18H2,1-4H3,(H,34,40)(H,35,41)/t25-,27-/m0/s1. The van der Waals surface area contributed by atoms with Crippen molar-refractivity contribution in [1.29, 1.82) is 0 Å². The van der Waals surface area contributed by atoms with Gasteiger partial charge in [0, 0.05) is 43.5 Å². The van der Waals surface area contributed by atoms with Crippen LogP contribution in [-0.2, 0) is 16.0 Å². The van der Waals surface area contributed by atoms with E-state index in [-0.39, 0.29) is 43.0 Å². The van der Waals surface area contributed by atoms with Gasteiger partial charge in [-0.25, -0.2) is 4.98 Å². The molecule has 0 aliphatic carbocycles. The average molecular weight is 652 g/mol. The van der Waals surface area contributed by atoms with Crippen molar-refractivity contribution < 1.29 is 33.1 Å². The number of nitrogens with zero attached hydrogens (tertiary/aromatic N) is 3. The molecule has 46 heavy (non-hydrogen) atoms. The molecule has 2 atom stereocenters. The molecule has 0 radical (unpaired) electrons. The van der Waals surface area contributed by atoms with Crippen LogP contribution >= 0.6 is 11.3 Å². The van der Waals surface area contributed by atoms with E-state index < -0.39 is 12.1 Å². The first-order valence-electron chi connectivity index (χ1n) is 15.6. The Hall–Kier alpha value is -4.39. The predicted molar refractivity (Wildman–Crippen MR) is 171 cm³/mol. The van der Waals surface area contributed by atoms with Gasteiger partial charge >= 0.3 is 0 Å². The third-order valence-corrected chi connectivity index (χ3v) is 9.03. The number of nitrogens with one attached hydrogen (secondary N) is 2. The average Bonchev–Trinajstić information content (AvgIpc) is 3.74. The van der Waals surface area contributed by atoms with E-state index in [1.165, 1.54) is 18.4 Å². The van der Waals surface area contributed by atoms with E-state index in [2.05, 4.69) is 15.6 Å². The Morgan fingerprint density at radius 2 is 1.85 bits per heavy atom. The molecule has 2 aromatic heterocycles. The van der Waals surface area contributed by atoms with Crippen molar-refractivity contribution in [2.75, 3.05) is 39.8 Å². The van der Waals surface area contributed by atoms with Gasteiger partial charge in [0.1, 0.15) is 23.7 Å². The lowest BCUT2D eigenvalue weighted by molar-refractivity contribution is -0.138. The van der Waals surface area contributed by atoms with Crippen molar-refractivity contribution in [3.05, 3.63) is 63.0 Å². The highest BCUT2D eigenvalue weighted by atomic mass is 32.1. The summed E-state index contributed by atoms with van der Waals surface area (Å²) in [7, 11) is 1.51. The summed E-state index contributed by atoms with van der Waals surface area (Å²) in [5.74, 6) is 1.13. The lowest BCUT2D eigenvalue weighted by Gasteiger charge is -2.24. The van der Waals surface area contributed by atoms with Gasteiger partial charge in [-0.2, -0.15) is 0 Å². The Morgan fingerprint density at radius 1 is 1.07 bits per heavy atom. The number of carbonyl (C=O) groups is 4. The molecular weight excluding hydrogens is 610 g/mol. The van der Waals surface area contributed by atoms with Gasteiger partial charge in [-0.1, -0.05) is 0 Å². The molecule has 3 aromatic rings. The van der Waals surface area contributed by atoms with Gasteiger partial charge in [-0.05, 0) is 64.3 Å². The molecule has 246 valence electrons. The molecule has 2 aliphatic heterocycles. The van der Waals surface area contributed by atoms with Crippen molar-refractivity contribution in [2.24, 2.45) is 0 Å². The number of carbonyl (C=O) groups excluding carboxylic acids is 4. The van der Waals surface area contributed by atoms with Gasteiger partial charge in [0.25, 0.3) is 11.8 Å². The van der Waals surface area contributed by atoms with Crippen molar-refractivity contribution in [3.63, 3.8) is 0 Å². The van der Waals surface area contributed by atoms with Crippen molar-refractivity contribution >= 4 is 35.0 Å². The normalized spacial score (nSPS) is 19.7. The van der Waals surface area contributed by atoms with E-state index in [4.69, 9.17) is 13.9 Å². The molecule has 1 saturated heterocycles. The zero-order chi connectivity index (χ0) is 32.8. The summed E-state index contributed by atoms with van der Waals surface area (Å²) in [5.41, 5.74) is 1.57. The number of thiazole rings is 1. The number of benzene rings is 1. The molecule has 1 fully saturated rings. The molecule has 12 nitrogen and oxygen atoms in total. The Kier molecular flexibility index (Phi) is 10.6. The first kappa shape index (κ1) is 33.0. The minimum atomic E-state index is -0.734. The molecule has 1 aromatic carbocycles. The van der Waals surface area contributed by atoms with Crippen LogP contribution in [0.25, 0.3) is 0 Å². The van der Waals surface area contributed by atoms with Gasteiger partial charge in [0.15, 0.2) is 11.5 Å². The molecule has 4 amide bonds. The largest absolute Gasteiger partial charge is 0.493 e. The number of methoxy groups -OCH3 is 1. The van der Waals surface area contributed by atoms with Crippen molar-refractivity contribution in [2.45, 2.75) is 65.0 Å². The summed E-state index contributed by atoms with van der Waals surface area (Å²) in [6, 6.07) is 5.94. The van der Waals surface area contributed by atoms with Crippen LogP contribution in [0.2, 0.25) is 0 Å². The topological polar surface area (TPSA) is 143 Å². The van der Waals surface area contributed by atoms with Gasteiger partial charge in [0.2, 0.25) is 11.8 Å². The molecule has 0 saturated carbocycles. The van der Waals surface area contributed by atoms with E-state index >= 15 is 0 Å². The maximum absolute atomic E-state index is 13.5. The number of amides is 4. The van der Waals surface area contributed by atoms with Crippen molar-refractivity contribution in [3.8, 4) is 11.5 Å². The van der Waals surface area contributed by atoms with Crippen LogP contribution in [-0.4, -0.2) is 90.4 Å². The Bertz CT molecular complexity index is 1580. The number of rotatable bonds is 4. The number of aromatic nitrogens is 1. The smallest absolute Gasteiger partial charge is 0.257 e. The number of aryl methyl sites for hydroxylation is 3. The minimum absolute atomic E-state index is 0.0827. The number of furan rings is 1. The number of hydrogen-bond acceptors (Lipinski definition) is 9. The lowest BCUT2D eigenvalue weighted by atomic mass is 10.1. The highest BCUT2D eigenvalue weighted by Gasteiger charge is 2.41. The van der Waals surface area contributed by atoms with Crippen LogP contribution < -0.4 is 20.1 Å². The molecule has 13 heteroatoms. The van der Waals surface area contributed by atoms with Crippen molar-refractivity contribution in [1.82, 2.24) is 25.4 Å². The lowest BCUT2D eigenvalue weighted by Crippen LogP contribution is -2.46. The molecule has 5 rings (SSSR count). The van der Waals surface area contributed by atoms with Gasteiger partial charge in [0.05, 0.1) is 36.3 Å². The zero-order valence-corrected chi connectivity index (χ0v) is 27.5. The number of likely N-dealkylation sites (tertiary alicyclic amines) is 1. The SMILES string of the molecule is COc1ccc2cc1O[C@H]1C[C@@H](C(=O)NCCCCN(C(=O)c3cc(C)oc3C)CCCNC2=O)N(C(=O)Cc2csc(C)n2)C1. The minimum Gasteiger partial charge on any atom is -0.493 e. The number of fused-ring (bicyclic) bond motifs is 4. The molecule has 2 N–H and O–H groups in total. The molecule has 2 aliphatic rings. The second-order valence-corrected chi connectivity index (χ2v) is 12.7. The van der Waals surface area contributed by atoms with E-state index in [1.807, 2.05) is 12.3 Å². The Labute approximate surface area is 272 Å². The highest BCUT2D eigenvalue weighted by Crippen LogP contribution is 2.32. The first-order valence-corrected chi connectivity index (χ1v) is 16.5. The molecule has 0 unspecified atom stereocenters. The van der Waals surface area contributed by atoms with Crippen LogP contribution in [0.4, 0.5) is 0 Å². The maximum Gasteiger partial charge on any atom is 0.257 e. The van der Waals surface area contributed by atoms with E-state index in [9.17, 15) is 19.2 Å². The molecule has 4 bridgehead atoms.